The lowest BCUT2D eigenvalue weighted by atomic mass is 10.1. The summed E-state index contributed by atoms with van der Waals surface area (Å²) in [6.45, 7) is 0.504. The summed E-state index contributed by atoms with van der Waals surface area (Å²) in [5.74, 6) is 0. The van der Waals surface area contributed by atoms with E-state index in [2.05, 4.69) is 21.4 Å². The van der Waals surface area contributed by atoms with Crippen molar-refractivity contribution in [3.8, 4) is 17.5 Å². The molecule has 0 aliphatic rings. The van der Waals surface area contributed by atoms with Gasteiger partial charge in [-0.05, 0) is 23.8 Å². The largest absolute Gasteiger partial charge is 0.306 e. The number of imidazole rings is 1. The SMILES string of the molecule is N#Cc1ccccc1Cn1cc(-c2cn3ccccc3n2)nn1. The second kappa shape index (κ2) is 5.39. The lowest BCUT2D eigenvalue weighted by Crippen LogP contribution is -2.02. The van der Waals surface area contributed by atoms with E-state index in [1.54, 1.807) is 10.7 Å². The van der Waals surface area contributed by atoms with Gasteiger partial charge in [-0.25, -0.2) is 9.67 Å². The van der Waals surface area contributed by atoms with Crippen molar-refractivity contribution < 1.29 is 0 Å². The second-order valence-electron chi connectivity index (χ2n) is 5.16. The Labute approximate surface area is 132 Å². The number of aromatic nitrogens is 5. The maximum absolute atomic E-state index is 9.15. The molecule has 0 bridgehead atoms. The van der Waals surface area contributed by atoms with Crippen LogP contribution >= 0.6 is 0 Å². The molecule has 110 valence electrons. The Morgan fingerprint density at radius 1 is 1.00 bits per heavy atom. The van der Waals surface area contributed by atoms with Gasteiger partial charge in [-0.3, -0.25) is 0 Å². The van der Waals surface area contributed by atoms with E-state index in [4.69, 9.17) is 5.26 Å². The number of benzene rings is 1. The van der Waals surface area contributed by atoms with Crippen LogP contribution in [0.15, 0.2) is 61.1 Å². The third kappa shape index (κ3) is 2.45. The number of rotatable bonds is 3. The van der Waals surface area contributed by atoms with Crippen LogP contribution in [0.25, 0.3) is 17.0 Å². The van der Waals surface area contributed by atoms with Crippen LogP contribution in [0.3, 0.4) is 0 Å². The van der Waals surface area contributed by atoms with Crippen molar-refractivity contribution in [3.63, 3.8) is 0 Å². The van der Waals surface area contributed by atoms with Crippen molar-refractivity contribution in [1.29, 1.82) is 5.26 Å². The molecule has 6 heteroatoms. The molecule has 0 aliphatic carbocycles. The minimum Gasteiger partial charge on any atom is -0.306 e. The van der Waals surface area contributed by atoms with Gasteiger partial charge < -0.3 is 4.40 Å². The van der Waals surface area contributed by atoms with Crippen molar-refractivity contribution in [3.05, 3.63) is 72.2 Å². The third-order valence-electron chi connectivity index (χ3n) is 3.64. The van der Waals surface area contributed by atoms with Gasteiger partial charge in [-0.15, -0.1) is 5.10 Å². The van der Waals surface area contributed by atoms with E-state index in [1.807, 2.05) is 59.4 Å². The molecule has 0 N–H and O–H groups in total. The van der Waals surface area contributed by atoms with Crippen LogP contribution < -0.4 is 0 Å². The van der Waals surface area contributed by atoms with Crippen LogP contribution in [0.5, 0.6) is 0 Å². The van der Waals surface area contributed by atoms with Crippen LogP contribution in [-0.4, -0.2) is 24.4 Å². The minimum absolute atomic E-state index is 0.504. The Balaban J connectivity index is 1.65. The van der Waals surface area contributed by atoms with E-state index in [0.29, 0.717) is 17.8 Å². The average molecular weight is 300 g/mol. The topological polar surface area (TPSA) is 71.8 Å². The molecule has 0 saturated heterocycles. The van der Waals surface area contributed by atoms with E-state index in [0.717, 1.165) is 16.9 Å². The van der Waals surface area contributed by atoms with Crippen LogP contribution in [0.4, 0.5) is 0 Å². The molecule has 23 heavy (non-hydrogen) atoms. The number of fused-ring (bicyclic) bond motifs is 1. The van der Waals surface area contributed by atoms with Crippen molar-refractivity contribution in [2.45, 2.75) is 6.54 Å². The highest BCUT2D eigenvalue weighted by molar-refractivity contribution is 5.57. The summed E-state index contributed by atoms with van der Waals surface area (Å²) in [6, 6.07) is 15.5. The fourth-order valence-corrected chi connectivity index (χ4v) is 2.49. The van der Waals surface area contributed by atoms with Gasteiger partial charge in [-0.2, -0.15) is 5.26 Å². The van der Waals surface area contributed by atoms with Gasteiger partial charge in [0.1, 0.15) is 17.0 Å². The Morgan fingerprint density at radius 2 is 1.87 bits per heavy atom. The first-order valence-corrected chi connectivity index (χ1v) is 7.16. The summed E-state index contributed by atoms with van der Waals surface area (Å²) in [7, 11) is 0. The molecule has 0 aliphatic heterocycles. The number of nitrogens with zero attached hydrogens (tertiary/aromatic N) is 6. The molecule has 0 fully saturated rings. The lowest BCUT2D eigenvalue weighted by Gasteiger charge is -2.02. The summed E-state index contributed by atoms with van der Waals surface area (Å²) >= 11 is 0. The molecule has 0 amide bonds. The Morgan fingerprint density at radius 3 is 2.74 bits per heavy atom. The lowest BCUT2D eigenvalue weighted by molar-refractivity contribution is 0.649. The summed E-state index contributed by atoms with van der Waals surface area (Å²) < 4.78 is 3.66. The first-order chi connectivity index (χ1) is 11.3. The van der Waals surface area contributed by atoms with Gasteiger partial charge >= 0.3 is 0 Å². The van der Waals surface area contributed by atoms with Gasteiger partial charge in [0.2, 0.25) is 0 Å². The van der Waals surface area contributed by atoms with Gasteiger partial charge in [0.25, 0.3) is 0 Å². The zero-order valence-corrected chi connectivity index (χ0v) is 12.2. The summed E-state index contributed by atoms with van der Waals surface area (Å²) in [4.78, 5) is 4.53. The molecule has 6 nitrogen and oxygen atoms in total. The Bertz CT molecular complexity index is 988. The smallest absolute Gasteiger partial charge is 0.137 e. The number of hydrogen-bond acceptors (Lipinski definition) is 4. The first kappa shape index (κ1) is 13.2. The van der Waals surface area contributed by atoms with Gasteiger partial charge in [0.15, 0.2) is 0 Å². The highest BCUT2D eigenvalue weighted by atomic mass is 15.4. The van der Waals surface area contributed by atoms with Crippen LogP contribution in [0.2, 0.25) is 0 Å². The van der Waals surface area contributed by atoms with E-state index in [-0.39, 0.29) is 0 Å². The highest BCUT2D eigenvalue weighted by Gasteiger charge is 2.09. The van der Waals surface area contributed by atoms with Crippen molar-refractivity contribution in [1.82, 2.24) is 24.4 Å². The number of pyridine rings is 1. The average Bonchev–Trinajstić information content (AvgIpc) is 3.21. The quantitative estimate of drug-likeness (QED) is 0.583. The van der Waals surface area contributed by atoms with E-state index in [1.165, 1.54) is 0 Å². The van der Waals surface area contributed by atoms with Crippen molar-refractivity contribution in [2.75, 3.05) is 0 Å². The van der Waals surface area contributed by atoms with E-state index in [9.17, 15) is 0 Å². The monoisotopic (exact) mass is 300 g/mol. The predicted octanol–water partition coefficient (Wildman–Crippen LogP) is 2.51. The van der Waals surface area contributed by atoms with Gasteiger partial charge in [-0.1, -0.05) is 29.5 Å². The fraction of sp³-hybridized carbons (Fsp3) is 0.0588. The molecule has 3 aromatic heterocycles. The molecule has 4 aromatic rings. The molecule has 0 spiro atoms. The number of nitriles is 1. The summed E-state index contributed by atoms with van der Waals surface area (Å²) in [5.41, 5.74) is 3.92. The van der Waals surface area contributed by atoms with E-state index >= 15 is 0 Å². The zero-order chi connectivity index (χ0) is 15.6. The van der Waals surface area contributed by atoms with Crippen molar-refractivity contribution >= 4 is 5.65 Å². The molecule has 0 saturated carbocycles. The molecule has 4 rings (SSSR count). The fourth-order valence-electron chi connectivity index (χ4n) is 2.49. The summed E-state index contributed by atoms with van der Waals surface area (Å²) in [6.07, 6.45) is 5.71. The zero-order valence-electron chi connectivity index (χ0n) is 12.2. The number of hydrogen-bond donors (Lipinski definition) is 0. The van der Waals surface area contributed by atoms with Crippen LogP contribution in [0.1, 0.15) is 11.1 Å². The molecular weight excluding hydrogens is 288 g/mol. The normalized spacial score (nSPS) is 10.7. The molecular formula is C17H12N6. The van der Waals surface area contributed by atoms with Gasteiger partial charge in [0.05, 0.1) is 24.4 Å². The minimum atomic E-state index is 0.504. The van der Waals surface area contributed by atoms with Gasteiger partial charge in [0, 0.05) is 12.4 Å². The maximum atomic E-state index is 9.15. The maximum Gasteiger partial charge on any atom is 0.137 e. The Kier molecular flexibility index (Phi) is 3.10. The summed E-state index contributed by atoms with van der Waals surface area (Å²) in [5, 5.41) is 17.5. The van der Waals surface area contributed by atoms with E-state index < -0.39 is 0 Å². The third-order valence-corrected chi connectivity index (χ3v) is 3.64. The highest BCUT2D eigenvalue weighted by Crippen LogP contribution is 2.17. The Hall–Kier alpha value is -3.46. The molecule has 0 radical (unpaired) electrons. The standard InChI is InChI=1S/C17H12N6/c18-9-13-5-1-2-6-14(13)10-23-12-16(20-21-23)15-11-22-8-4-3-7-17(22)19-15/h1-8,11-12H,10H2. The molecule has 0 atom stereocenters. The first-order valence-electron chi connectivity index (χ1n) is 7.16. The molecule has 0 unspecified atom stereocenters. The molecule has 1 aromatic carbocycles. The van der Waals surface area contributed by atoms with Crippen LogP contribution in [0, 0.1) is 11.3 Å². The second-order valence-corrected chi connectivity index (χ2v) is 5.16. The molecule has 3 heterocycles. The van der Waals surface area contributed by atoms with Crippen LogP contribution in [-0.2, 0) is 6.54 Å². The predicted molar refractivity (Wildman–Crippen MR) is 84.5 cm³/mol. The van der Waals surface area contributed by atoms with Crippen molar-refractivity contribution in [2.24, 2.45) is 0 Å².